The predicted octanol–water partition coefficient (Wildman–Crippen LogP) is 0.994. The Balaban J connectivity index is 2.75. The standard InChI is InChI=1S/C11H18N2O2S/c1-13(2)8-5-9-16(14,15)11-7-4-3-6-10(11)12/h3-4,6-7H,5,8-9,12H2,1-2H3. The zero-order valence-electron chi connectivity index (χ0n) is 9.68. The van der Waals surface area contributed by atoms with Gasteiger partial charge in [0, 0.05) is 0 Å². The molecule has 0 aliphatic heterocycles. The molecule has 0 bridgehead atoms. The van der Waals surface area contributed by atoms with E-state index >= 15 is 0 Å². The SMILES string of the molecule is CN(C)CCCS(=O)(=O)c1ccccc1N. The molecule has 0 aliphatic rings. The Bertz CT molecular complexity index is 441. The van der Waals surface area contributed by atoms with Crippen LogP contribution >= 0.6 is 0 Å². The van der Waals surface area contributed by atoms with Gasteiger partial charge in [0.2, 0.25) is 0 Å². The topological polar surface area (TPSA) is 63.4 Å². The van der Waals surface area contributed by atoms with Gasteiger partial charge in [-0.3, -0.25) is 0 Å². The highest BCUT2D eigenvalue weighted by Gasteiger charge is 2.16. The Morgan fingerprint density at radius 2 is 1.88 bits per heavy atom. The number of benzene rings is 1. The first-order valence-electron chi connectivity index (χ1n) is 5.15. The van der Waals surface area contributed by atoms with Gasteiger partial charge in [-0.2, -0.15) is 0 Å². The summed E-state index contributed by atoms with van der Waals surface area (Å²) in [6.07, 6.45) is 0.615. The van der Waals surface area contributed by atoms with Crippen LogP contribution in [0.3, 0.4) is 0 Å². The lowest BCUT2D eigenvalue weighted by Gasteiger charge is -2.10. The molecule has 0 amide bonds. The molecule has 5 heteroatoms. The van der Waals surface area contributed by atoms with Crippen molar-refractivity contribution in [2.75, 3.05) is 32.1 Å². The molecule has 0 aromatic heterocycles. The lowest BCUT2D eigenvalue weighted by atomic mass is 10.3. The molecule has 2 N–H and O–H groups in total. The highest BCUT2D eigenvalue weighted by atomic mass is 32.2. The molecule has 0 fully saturated rings. The summed E-state index contributed by atoms with van der Waals surface area (Å²) in [5.41, 5.74) is 5.97. The summed E-state index contributed by atoms with van der Waals surface area (Å²) in [6.45, 7) is 0.756. The molecule has 0 saturated carbocycles. The van der Waals surface area contributed by atoms with Gasteiger partial charge in [0.25, 0.3) is 0 Å². The Morgan fingerprint density at radius 3 is 2.44 bits per heavy atom. The van der Waals surface area contributed by atoms with Crippen LogP contribution in [0.4, 0.5) is 5.69 Å². The molecule has 0 atom stereocenters. The third-order valence-corrected chi connectivity index (χ3v) is 4.14. The summed E-state index contributed by atoms with van der Waals surface area (Å²) in [5.74, 6) is 0.138. The average Bonchev–Trinajstić information content (AvgIpc) is 2.17. The molecule has 0 spiro atoms. The molecule has 0 saturated heterocycles. The van der Waals surface area contributed by atoms with Crippen molar-refractivity contribution in [3.63, 3.8) is 0 Å². The monoisotopic (exact) mass is 242 g/mol. The second kappa shape index (κ2) is 5.32. The molecular weight excluding hydrogens is 224 g/mol. The quantitative estimate of drug-likeness (QED) is 0.782. The maximum atomic E-state index is 11.9. The van der Waals surface area contributed by atoms with Crippen LogP contribution in [0.5, 0.6) is 0 Å². The van der Waals surface area contributed by atoms with E-state index in [1.807, 2.05) is 19.0 Å². The third-order valence-electron chi connectivity index (χ3n) is 2.27. The Hall–Kier alpha value is -1.07. The van der Waals surface area contributed by atoms with Crippen LogP contribution in [0.25, 0.3) is 0 Å². The van der Waals surface area contributed by atoms with Crippen LogP contribution in [0.2, 0.25) is 0 Å². The molecular formula is C11H18N2O2S. The summed E-state index contributed by atoms with van der Waals surface area (Å²) < 4.78 is 23.9. The molecule has 0 heterocycles. The minimum atomic E-state index is -3.24. The van der Waals surface area contributed by atoms with Crippen molar-refractivity contribution in [2.24, 2.45) is 0 Å². The van der Waals surface area contributed by atoms with Gasteiger partial charge in [-0.1, -0.05) is 12.1 Å². The number of sulfone groups is 1. The second-order valence-corrected chi connectivity index (χ2v) is 6.09. The highest BCUT2D eigenvalue weighted by molar-refractivity contribution is 7.91. The smallest absolute Gasteiger partial charge is 0.180 e. The van der Waals surface area contributed by atoms with Crippen LogP contribution in [0.15, 0.2) is 29.2 Å². The first-order valence-corrected chi connectivity index (χ1v) is 6.81. The van der Waals surface area contributed by atoms with Crippen molar-refractivity contribution in [1.82, 2.24) is 4.90 Å². The summed E-state index contributed by atoms with van der Waals surface area (Å²) in [6, 6.07) is 6.59. The fourth-order valence-corrected chi connectivity index (χ4v) is 2.89. The lowest BCUT2D eigenvalue weighted by Crippen LogP contribution is -2.17. The number of nitrogens with two attached hydrogens (primary N) is 1. The molecule has 0 radical (unpaired) electrons. The van der Waals surface area contributed by atoms with E-state index in [-0.39, 0.29) is 10.6 Å². The molecule has 16 heavy (non-hydrogen) atoms. The fraction of sp³-hybridized carbons (Fsp3) is 0.455. The van der Waals surface area contributed by atoms with Gasteiger partial charge in [-0.25, -0.2) is 8.42 Å². The van der Waals surface area contributed by atoms with E-state index in [1.165, 1.54) is 0 Å². The summed E-state index contributed by atoms with van der Waals surface area (Å²) in [5, 5.41) is 0. The van der Waals surface area contributed by atoms with Crippen LogP contribution in [0, 0.1) is 0 Å². The first kappa shape index (κ1) is 13.0. The van der Waals surface area contributed by atoms with Crippen LogP contribution in [-0.4, -0.2) is 39.7 Å². The number of nitrogen functional groups attached to an aromatic ring is 1. The highest BCUT2D eigenvalue weighted by Crippen LogP contribution is 2.19. The molecule has 0 unspecified atom stereocenters. The molecule has 90 valence electrons. The minimum Gasteiger partial charge on any atom is -0.398 e. The van der Waals surface area contributed by atoms with Gasteiger partial charge in [-0.15, -0.1) is 0 Å². The van der Waals surface area contributed by atoms with E-state index in [0.717, 1.165) is 6.54 Å². The summed E-state index contributed by atoms with van der Waals surface area (Å²) >= 11 is 0. The Labute approximate surface area is 97.0 Å². The molecule has 4 nitrogen and oxygen atoms in total. The van der Waals surface area contributed by atoms with E-state index in [2.05, 4.69) is 0 Å². The number of hydrogen-bond donors (Lipinski definition) is 1. The van der Waals surface area contributed by atoms with Crippen molar-refractivity contribution < 1.29 is 8.42 Å². The maximum Gasteiger partial charge on any atom is 0.180 e. The van der Waals surface area contributed by atoms with Gasteiger partial charge in [-0.05, 0) is 39.2 Å². The van der Waals surface area contributed by atoms with Crippen molar-refractivity contribution in [3.05, 3.63) is 24.3 Å². The van der Waals surface area contributed by atoms with Crippen molar-refractivity contribution >= 4 is 15.5 Å². The van der Waals surface area contributed by atoms with Gasteiger partial charge in [0.05, 0.1) is 16.3 Å². The van der Waals surface area contributed by atoms with E-state index in [4.69, 9.17) is 5.73 Å². The van der Waals surface area contributed by atoms with Crippen LogP contribution < -0.4 is 5.73 Å². The van der Waals surface area contributed by atoms with Crippen molar-refractivity contribution in [3.8, 4) is 0 Å². The summed E-state index contributed by atoms with van der Waals surface area (Å²) in [7, 11) is 0.602. The molecule has 1 rings (SSSR count). The van der Waals surface area contributed by atoms with E-state index in [1.54, 1.807) is 24.3 Å². The van der Waals surface area contributed by atoms with Crippen molar-refractivity contribution in [1.29, 1.82) is 0 Å². The zero-order valence-corrected chi connectivity index (χ0v) is 10.5. The van der Waals surface area contributed by atoms with Gasteiger partial charge in [0.15, 0.2) is 9.84 Å². The molecule has 1 aromatic rings. The Kier molecular flexibility index (Phi) is 4.32. The van der Waals surface area contributed by atoms with E-state index in [0.29, 0.717) is 12.1 Å². The average molecular weight is 242 g/mol. The van der Waals surface area contributed by atoms with Gasteiger partial charge >= 0.3 is 0 Å². The lowest BCUT2D eigenvalue weighted by molar-refractivity contribution is 0.408. The second-order valence-electron chi connectivity index (χ2n) is 4.01. The number of rotatable bonds is 5. The molecule has 1 aromatic carbocycles. The Morgan fingerprint density at radius 1 is 1.25 bits per heavy atom. The van der Waals surface area contributed by atoms with Crippen LogP contribution in [0.1, 0.15) is 6.42 Å². The number of para-hydroxylation sites is 1. The minimum absolute atomic E-state index is 0.138. The predicted molar refractivity (Wildman–Crippen MR) is 66.1 cm³/mol. The number of anilines is 1. The van der Waals surface area contributed by atoms with Gasteiger partial charge < -0.3 is 10.6 Å². The zero-order chi connectivity index (χ0) is 12.2. The maximum absolute atomic E-state index is 11.9. The number of nitrogens with zero attached hydrogens (tertiary/aromatic N) is 1. The normalized spacial score (nSPS) is 11.9. The van der Waals surface area contributed by atoms with Crippen LogP contribution in [-0.2, 0) is 9.84 Å². The number of hydrogen-bond acceptors (Lipinski definition) is 4. The summed E-state index contributed by atoms with van der Waals surface area (Å²) in [4.78, 5) is 2.21. The fourth-order valence-electron chi connectivity index (χ4n) is 1.44. The van der Waals surface area contributed by atoms with E-state index < -0.39 is 9.84 Å². The van der Waals surface area contributed by atoms with Crippen molar-refractivity contribution in [2.45, 2.75) is 11.3 Å². The first-order chi connectivity index (χ1) is 7.43. The molecule has 0 aliphatic carbocycles. The van der Waals surface area contributed by atoms with Gasteiger partial charge in [0.1, 0.15) is 0 Å². The third kappa shape index (κ3) is 3.50. The van der Waals surface area contributed by atoms with E-state index in [9.17, 15) is 8.42 Å². The largest absolute Gasteiger partial charge is 0.398 e.